The van der Waals surface area contributed by atoms with Crippen LogP contribution in [-0.4, -0.2) is 39.7 Å². The molecule has 0 bridgehead atoms. The Labute approximate surface area is 118 Å². The van der Waals surface area contributed by atoms with Crippen molar-refractivity contribution in [3.05, 3.63) is 0 Å². The topological polar surface area (TPSA) is 27.7 Å². The first-order valence-electron chi connectivity index (χ1n) is 6.29. The van der Waals surface area contributed by atoms with Crippen molar-refractivity contribution in [3.63, 3.8) is 0 Å². The Hall–Kier alpha value is -0.540. The van der Waals surface area contributed by atoms with E-state index >= 15 is 0 Å². The number of rotatable bonds is 6. The van der Waals surface area contributed by atoms with Gasteiger partial charge in [0, 0.05) is 21.3 Å². The van der Waals surface area contributed by atoms with E-state index in [4.69, 9.17) is 0 Å². The van der Waals surface area contributed by atoms with Gasteiger partial charge in [0.25, 0.3) is 0 Å². The minimum atomic E-state index is -3.77. The van der Waals surface area contributed by atoms with Gasteiger partial charge in [0.1, 0.15) is 0 Å². The summed E-state index contributed by atoms with van der Waals surface area (Å²) in [5, 5.41) is 0. The van der Waals surface area contributed by atoms with Crippen molar-refractivity contribution in [2.45, 2.75) is 37.6 Å². The lowest BCUT2D eigenvalue weighted by molar-refractivity contribution is -0.324. The van der Waals surface area contributed by atoms with Gasteiger partial charge in [-0.15, -0.1) is 0 Å². The third-order valence-corrected chi connectivity index (χ3v) is 3.95. The second-order valence-corrected chi connectivity index (χ2v) is 5.10. The molecule has 0 heterocycles. The average molecular weight is 324 g/mol. The van der Waals surface area contributed by atoms with Crippen LogP contribution in [-0.2, 0) is 14.2 Å². The summed E-state index contributed by atoms with van der Waals surface area (Å²) in [6, 6.07) is 0. The van der Waals surface area contributed by atoms with E-state index < -0.39 is 55.3 Å². The molecule has 3 nitrogen and oxygen atoms in total. The predicted octanol–water partition coefficient (Wildman–Crippen LogP) is 3.74. The molecule has 1 rings (SSSR count). The summed E-state index contributed by atoms with van der Waals surface area (Å²) in [7, 11) is 2.09. The van der Waals surface area contributed by atoms with Gasteiger partial charge in [-0.2, -0.15) is 26.3 Å². The molecule has 0 aromatic rings. The normalized spacial score (nSPS) is 28.7. The molecule has 0 aliphatic heterocycles. The van der Waals surface area contributed by atoms with Crippen LogP contribution in [0.15, 0.2) is 0 Å². The highest BCUT2D eigenvalue weighted by Gasteiger charge is 2.56. The summed E-state index contributed by atoms with van der Waals surface area (Å²) in [5.74, 6) is -5.31. The van der Waals surface area contributed by atoms with Crippen molar-refractivity contribution in [2.24, 2.45) is 17.8 Å². The van der Waals surface area contributed by atoms with Crippen molar-refractivity contribution in [3.8, 4) is 0 Å². The molecule has 0 atom stereocenters. The molecular formula is C12H18F6O3. The van der Waals surface area contributed by atoms with Crippen LogP contribution < -0.4 is 0 Å². The number of ether oxygens (including phenoxy) is 3. The second kappa shape index (κ2) is 6.29. The van der Waals surface area contributed by atoms with Gasteiger partial charge in [-0.1, -0.05) is 0 Å². The fraction of sp³-hybridized carbons (Fsp3) is 1.00. The Bertz CT molecular complexity index is 292. The van der Waals surface area contributed by atoms with Crippen LogP contribution >= 0.6 is 0 Å². The minimum Gasteiger partial charge on any atom is -0.324 e. The van der Waals surface area contributed by atoms with E-state index in [1.807, 2.05) is 0 Å². The van der Waals surface area contributed by atoms with Gasteiger partial charge in [0.05, 0.1) is 17.8 Å². The maximum Gasteiger partial charge on any atom is 0.358 e. The molecule has 21 heavy (non-hydrogen) atoms. The van der Waals surface area contributed by atoms with Gasteiger partial charge >= 0.3 is 18.3 Å². The second-order valence-electron chi connectivity index (χ2n) is 5.10. The minimum absolute atomic E-state index is 0.683. The zero-order valence-electron chi connectivity index (χ0n) is 11.8. The van der Waals surface area contributed by atoms with Crippen molar-refractivity contribution in [1.82, 2.24) is 0 Å². The predicted molar refractivity (Wildman–Crippen MR) is 60.2 cm³/mol. The van der Waals surface area contributed by atoms with Gasteiger partial charge < -0.3 is 14.2 Å². The fourth-order valence-electron chi connectivity index (χ4n) is 2.64. The maximum atomic E-state index is 13.6. The number of methoxy groups -OCH3 is 3. The molecule has 1 aliphatic rings. The molecule has 126 valence electrons. The molecule has 0 saturated heterocycles. The first kappa shape index (κ1) is 18.5. The van der Waals surface area contributed by atoms with Gasteiger partial charge in [-0.25, -0.2) is 0 Å². The largest absolute Gasteiger partial charge is 0.358 e. The highest BCUT2D eigenvalue weighted by atomic mass is 19.3. The first-order valence-corrected chi connectivity index (χ1v) is 6.29. The van der Waals surface area contributed by atoms with Crippen LogP contribution in [0.4, 0.5) is 26.3 Å². The molecule has 0 unspecified atom stereocenters. The Morgan fingerprint density at radius 3 is 0.905 bits per heavy atom. The molecule has 0 amide bonds. The molecular weight excluding hydrogens is 306 g/mol. The van der Waals surface area contributed by atoms with Gasteiger partial charge in [-0.05, 0) is 19.3 Å². The van der Waals surface area contributed by atoms with Crippen molar-refractivity contribution in [2.75, 3.05) is 21.3 Å². The maximum absolute atomic E-state index is 13.6. The van der Waals surface area contributed by atoms with E-state index in [2.05, 4.69) is 14.2 Å². The highest BCUT2D eigenvalue weighted by Crippen LogP contribution is 2.50. The first-order chi connectivity index (χ1) is 9.50. The van der Waals surface area contributed by atoms with Gasteiger partial charge in [-0.3, -0.25) is 0 Å². The molecule has 0 N–H and O–H groups in total. The Balaban J connectivity index is 3.05. The van der Waals surface area contributed by atoms with E-state index in [9.17, 15) is 26.3 Å². The van der Waals surface area contributed by atoms with Crippen molar-refractivity contribution < 1.29 is 40.6 Å². The van der Waals surface area contributed by atoms with E-state index in [1.165, 1.54) is 0 Å². The smallest absolute Gasteiger partial charge is 0.324 e. The van der Waals surface area contributed by atoms with Crippen LogP contribution in [0.1, 0.15) is 19.3 Å². The molecule has 0 radical (unpaired) electrons. The lowest BCUT2D eigenvalue weighted by Gasteiger charge is -2.41. The highest BCUT2D eigenvalue weighted by molar-refractivity contribution is 4.89. The van der Waals surface area contributed by atoms with E-state index in [0.717, 1.165) is 0 Å². The Morgan fingerprint density at radius 1 is 0.571 bits per heavy atom. The molecule has 1 fully saturated rings. The lowest BCUT2D eigenvalue weighted by Crippen LogP contribution is -2.47. The standard InChI is InChI=1S/C12H18F6O3/c1-19-10(13,14)7-4-8(11(15,16)20-2)6-9(5-7)12(17,18)21-3/h7-9H,4-6H2,1-3H3. The molecule has 1 aliphatic carbocycles. The van der Waals surface area contributed by atoms with Crippen LogP contribution in [0, 0.1) is 17.8 Å². The monoisotopic (exact) mass is 324 g/mol. The summed E-state index contributed by atoms with van der Waals surface area (Å²) in [6.07, 6.45) is -13.4. The van der Waals surface area contributed by atoms with Crippen molar-refractivity contribution >= 4 is 0 Å². The molecule has 9 heteroatoms. The van der Waals surface area contributed by atoms with Crippen molar-refractivity contribution in [1.29, 1.82) is 0 Å². The van der Waals surface area contributed by atoms with Gasteiger partial charge in [0.15, 0.2) is 0 Å². The Morgan fingerprint density at radius 2 is 0.762 bits per heavy atom. The number of alkyl halides is 6. The van der Waals surface area contributed by atoms with Crippen LogP contribution in [0.2, 0.25) is 0 Å². The summed E-state index contributed by atoms with van der Waals surface area (Å²) >= 11 is 0. The molecule has 0 aromatic heterocycles. The van der Waals surface area contributed by atoms with Crippen LogP contribution in [0.5, 0.6) is 0 Å². The van der Waals surface area contributed by atoms with E-state index in [1.54, 1.807) is 0 Å². The quantitative estimate of drug-likeness (QED) is 0.697. The van der Waals surface area contributed by atoms with Gasteiger partial charge in [0.2, 0.25) is 0 Å². The number of hydrogen-bond acceptors (Lipinski definition) is 3. The third-order valence-electron chi connectivity index (χ3n) is 3.95. The average Bonchev–Trinajstić information content (AvgIpc) is 2.46. The molecule has 1 saturated carbocycles. The SMILES string of the molecule is COC(F)(F)C1CC(C(F)(F)OC)CC(C(F)(F)OC)C1. The summed E-state index contributed by atoms with van der Waals surface area (Å²) < 4.78 is 93.3. The fourth-order valence-corrected chi connectivity index (χ4v) is 2.64. The lowest BCUT2D eigenvalue weighted by atomic mass is 9.73. The van der Waals surface area contributed by atoms with Crippen LogP contribution in [0.3, 0.4) is 0 Å². The molecule has 0 aromatic carbocycles. The number of halogens is 6. The van der Waals surface area contributed by atoms with E-state index in [0.29, 0.717) is 21.3 Å². The zero-order chi connectivity index (χ0) is 16.5. The van der Waals surface area contributed by atoms with E-state index in [-0.39, 0.29) is 0 Å². The molecule has 0 spiro atoms. The summed E-state index contributed by atoms with van der Waals surface area (Å²) in [5.41, 5.74) is 0. The zero-order valence-corrected chi connectivity index (χ0v) is 11.8. The summed E-state index contributed by atoms with van der Waals surface area (Å²) in [6.45, 7) is 0. The Kier molecular flexibility index (Phi) is 5.55. The third kappa shape index (κ3) is 4.01. The summed E-state index contributed by atoms with van der Waals surface area (Å²) in [4.78, 5) is 0. The van der Waals surface area contributed by atoms with Crippen LogP contribution in [0.25, 0.3) is 0 Å². The number of hydrogen-bond donors (Lipinski definition) is 0.